The van der Waals surface area contributed by atoms with Crippen LogP contribution in [0.3, 0.4) is 0 Å². The third-order valence-corrected chi connectivity index (χ3v) is 4.01. The van der Waals surface area contributed by atoms with Gasteiger partial charge in [0.1, 0.15) is 5.69 Å². The minimum absolute atomic E-state index is 0.309. The smallest absolute Gasteiger partial charge is 0.232 e. The minimum atomic E-state index is 0.309. The number of rotatable bonds is 2. The summed E-state index contributed by atoms with van der Waals surface area (Å²) in [5, 5.41) is 4.15. The quantitative estimate of drug-likeness (QED) is 0.779. The number of nitrogens with zero attached hydrogens (tertiary/aromatic N) is 2. The Bertz CT molecular complexity index is 793. The fourth-order valence-electron chi connectivity index (χ4n) is 2.98. The summed E-state index contributed by atoms with van der Waals surface area (Å²) in [4.78, 5) is 4.36. The van der Waals surface area contributed by atoms with Gasteiger partial charge < -0.3 is 10.3 Å². The zero-order valence-corrected chi connectivity index (χ0v) is 11.5. The largest absolute Gasteiger partial charge is 0.367 e. The SMILES string of the molecule is Nc1onc(-c2ccc3c(c2)CCC3)c1-c1ccccn1. The van der Waals surface area contributed by atoms with E-state index >= 15 is 0 Å². The van der Waals surface area contributed by atoms with Crippen molar-refractivity contribution in [3.63, 3.8) is 0 Å². The molecule has 2 N–H and O–H groups in total. The topological polar surface area (TPSA) is 64.9 Å². The van der Waals surface area contributed by atoms with Gasteiger partial charge in [0.25, 0.3) is 0 Å². The summed E-state index contributed by atoms with van der Waals surface area (Å²) in [5.41, 5.74) is 12.2. The van der Waals surface area contributed by atoms with Gasteiger partial charge in [-0.2, -0.15) is 0 Å². The normalized spacial score (nSPS) is 13.3. The van der Waals surface area contributed by atoms with Crippen LogP contribution in [0.1, 0.15) is 17.5 Å². The summed E-state index contributed by atoms with van der Waals surface area (Å²) in [6, 6.07) is 12.2. The summed E-state index contributed by atoms with van der Waals surface area (Å²) in [6.07, 6.45) is 5.28. The number of nitrogens with two attached hydrogens (primary N) is 1. The van der Waals surface area contributed by atoms with Gasteiger partial charge in [-0.1, -0.05) is 23.4 Å². The molecule has 0 saturated heterocycles. The predicted octanol–water partition coefficient (Wildman–Crippen LogP) is 3.47. The van der Waals surface area contributed by atoms with E-state index in [2.05, 4.69) is 28.3 Å². The number of aryl methyl sites for hydroxylation is 2. The molecule has 4 heteroatoms. The number of benzene rings is 1. The highest BCUT2D eigenvalue weighted by atomic mass is 16.5. The zero-order valence-electron chi connectivity index (χ0n) is 11.5. The fourth-order valence-corrected chi connectivity index (χ4v) is 2.98. The Hall–Kier alpha value is -2.62. The Balaban J connectivity index is 1.87. The van der Waals surface area contributed by atoms with Crippen LogP contribution in [0.4, 0.5) is 5.88 Å². The second-order valence-electron chi connectivity index (χ2n) is 5.32. The van der Waals surface area contributed by atoms with Gasteiger partial charge in [0.15, 0.2) is 0 Å². The Morgan fingerprint density at radius 3 is 2.81 bits per heavy atom. The van der Waals surface area contributed by atoms with E-state index in [1.165, 1.54) is 24.0 Å². The second kappa shape index (κ2) is 4.74. The summed E-state index contributed by atoms with van der Waals surface area (Å²) < 4.78 is 5.21. The van der Waals surface area contributed by atoms with Crippen LogP contribution >= 0.6 is 0 Å². The van der Waals surface area contributed by atoms with E-state index in [9.17, 15) is 0 Å². The Kier molecular flexibility index (Phi) is 2.74. The van der Waals surface area contributed by atoms with Gasteiger partial charge in [-0.15, -0.1) is 0 Å². The molecule has 4 nitrogen and oxygen atoms in total. The van der Waals surface area contributed by atoms with Crippen LogP contribution in [0, 0.1) is 0 Å². The molecule has 0 amide bonds. The molecule has 2 heterocycles. The molecular weight excluding hydrogens is 262 g/mol. The van der Waals surface area contributed by atoms with Crippen molar-refractivity contribution in [3.05, 3.63) is 53.7 Å². The van der Waals surface area contributed by atoms with Crippen LogP contribution in [0.5, 0.6) is 0 Å². The number of fused-ring (bicyclic) bond motifs is 1. The monoisotopic (exact) mass is 277 g/mol. The van der Waals surface area contributed by atoms with Crippen molar-refractivity contribution in [2.75, 3.05) is 5.73 Å². The third kappa shape index (κ3) is 2.00. The first-order chi connectivity index (χ1) is 10.3. The number of anilines is 1. The van der Waals surface area contributed by atoms with Gasteiger partial charge in [-0.05, 0) is 48.6 Å². The Labute approximate surface area is 122 Å². The van der Waals surface area contributed by atoms with Crippen molar-refractivity contribution >= 4 is 5.88 Å². The van der Waals surface area contributed by atoms with E-state index in [1.54, 1.807) is 6.20 Å². The molecule has 0 unspecified atom stereocenters. The molecule has 4 rings (SSSR count). The fraction of sp³-hybridized carbons (Fsp3) is 0.176. The van der Waals surface area contributed by atoms with Gasteiger partial charge in [0, 0.05) is 11.8 Å². The minimum Gasteiger partial charge on any atom is -0.367 e. The van der Waals surface area contributed by atoms with E-state index in [0.717, 1.165) is 28.9 Å². The number of hydrogen-bond donors (Lipinski definition) is 1. The van der Waals surface area contributed by atoms with Crippen LogP contribution in [0.2, 0.25) is 0 Å². The number of hydrogen-bond acceptors (Lipinski definition) is 4. The Morgan fingerprint density at radius 1 is 1.05 bits per heavy atom. The molecule has 0 atom stereocenters. The maximum absolute atomic E-state index is 5.95. The summed E-state index contributed by atoms with van der Waals surface area (Å²) in [7, 11) is 0. The molecule has 1 aliphatic rings. The molecule has 2 aromatic heterocycles. The lowest BCUT2D eigenvalue weighted by Gasteiger charge is -2.04. The molecule has 0 saturated carbocycles. The van der Waals surface area contributed by atoms with Crippen molar-refractivity contribution in [1.29, 1.82) is 0 Å². The van der Waals surface area contributed by atoms with Crippen LogP contribution in [0.15, 0.2) is 47.1 Å². The van der Waals surface area contributed by atoms with Crippen molar-refractivity contribution in [2.24, 2.45) is 0 Å². The molecule has 0 fully saturated rings. The molecule has 1 aromatic carbocycles. The average molecular weight is 277 g/mol. The van der Waals surface area contributed by atoms with Crippen molar-refractivity contribution in [3.8, 4) is 22.5 Å². The van der Waals surface area contributed by atoms with E-state index < -0.39 is 0 Å². The van der Waals surface area contributed by atoms with Crippen molar-refractivity contribution in [2.45, 2.75) is 19.3 Å². The molecule has 0 bridgehead atoms. The number of nitrogen functional groups attached to an aromatic ring is 1. The number of aromatic nitrogens is 2. The lowest BCUT2D eigenvalue weighted by atomic mass is 10.0. The van der Waals surface area contributed by atoms with E-state index in [4.69, 9.17) is 10.3 Å². The average Bonchev–Trinajstić information content (AvgIpc) is 3.13. The number of pyridine rings is 1. The molecule has 21 heavy (non-hydrogen) atoms. The first kappa shape index (κ1) is 12.1. The zero-order chi connectivity index (χ0) is 14.2. The van der Waals surface area contributed by atoms with Crippen LogP contribution < -0.4 is 5.73 Å². The molecule has 104 valence electrons. The molecular formula is C17H15N3O. The first-order valence-corrected chi connectivity index (χ1v) is 7.11. The maximum atomic E-state index is 5.95. The van der Waals surface area contributed by atoms with Gasteiger partial charge in [0.05, 0.1) is 11.3 Å². The van der Waals surface area contributed by atoms with E-state index in [0.29, 0.717) is 5.88 Å². The van der Waals surface area contributed by atoms with E-state index in [-0.39, 0.29) is 0 Å². The predicted molar refractivity (Wildman–Crippen MR) is 81.6 cm³/mol. The van der Waals surface area contributed by atoms with Crippen LogP contribution in [-0.4, -0.2) is 10.1 Å². The summed E-state index contributed by atoms with van der Waals surface area (Å²) >= 11 is 0. The lowest BCUT2D eigenvalue weighted by molar-refractivity contribution is 0.439. The van der Waals surface area contributed by atoms with Crippen molar-refractivity contribution in [1.82, 2.24) is 10.1 Å². The van der Waals surface area contributed by atoms with Crippen LogP contribution in [-0.2, 0) is 12.8 Å². The van der Waals surface area contributed by atoms with Gasteiger partial charge >= 0.3 is 0 Å². The highest BCUT2D eigenvalue weighted by Gasteiger charge is 2.20. The van der Waals surface area contributed by atoms with Gasteiger partial charge in [-0.3, -0.25) is 4.98 Å². The van der Waals surface area contributed by atoms with E-state index in [1.807, 2.05) is 18.2 Å². The molecule has 0 aliphatic heterocycles. The highest BCUT2D eigenvalue weighted by molar-refractivity contribution is 5.85. The van der Waals surface area contributed by atoms with Gasteiger partial charge in [-0.25, -0.2) is 0 Å². The highest BCUT2D eigenvalue weighted by Crippen LogP contribution is 2.36. The molecule has 3 aromatic rings. The maximum Gasteiger partial charge on any atom is 0.232 e. The second-order valence-corrected chi connectivity index (χ2v) is 5.32. The Morgan fingerprint density at radius 2 is 1.95 bits per heavy atom. The van der Waals surface area contributed by atoms with Crippen molar-refractivity contribution < 1.29 is 4.52 Å². The molecule has 0 radical (unpaired) electrons. The lowest BCUT2D eigenvalue weighted by Crippen LogP contribution is -1.91. The molecule has 0 spiro atoms. The third-order valence-electron chi connectivity index (χ3n) is 4.01. The molecule has 1 aliphatic carbocycles. The summed E-state index contributed by atoms with van der Waals surface area (Å²) in [6.45, 7) is 0. The standard InChI is InChI=1S/C17H15N3O/c18-17-15(14-6-1-2-9-19-14)16(20-21-17)13-8-7-11-4-3-5-12(11)10-13/h1-2,6-10H,3-5,18H2. The summed E-state index contributed by atoms with van der Waals surface area (Å²) in [5.74, 6) is 0.309. The van der Waals surface area contributed by atoms with Crippen LogP contribution in [0.25, 0.3) is 22.5 Å². The first-order valence-electron chi connectivity index (χ1n) is 7.11. The van der Waals surface area contributed by atoms with Gasteiger partial charge in [0.2, 0.25) is 5.88 Å².